The number of fused-ring (bicyclic) bond motifs is 7. The lowest BCUT2D eigenvalue weighted by atomic mass is 10.0. The number of benzene rings is 6. The standard InChI is InChI=1S/C37H25N3/c1-3-11-29(12-4-1)39(30-13-5-2-6-14-30)31-22-21-26-23-28(20-19-27(26)24-31)36-25-38-37-34-17-8-7-15-32(34)33-16-9-10-18-35(33)40(36)37/h1-25H. The van der Waals surface area contributed by atoms with Gasteiger partial charge in [-0.3, -0.25) is 4.40 Å². The van der Waals surface area contributed by atoms with Gasteiger partial charge in [0.05, 0.1) is 17.4 Å². The quantitative estimate of drug-likeness (QED) is 0.219. The summed E-state index contributed by atoms with van der Waals surface area (Å²) in [5.41, 5.74) is 7.80. The highest BCUT2D eigenvalue weighted by molar-refractivity contribution is 6.12. The van der Waals surface area contributed by atoms with E-state index >= 15 is 0 Å². The van der Waals surface area contributed by atoms with E-state index in [-0.39, 0.29) is 0 Å². The summed E-state index contributed by atoms with van der Waals surface area (Å²) in [6.45, 7) is 0. The van der Waals surface area contributed by atoms with E-state index in [0.717, 1.165) is 34.0 Å². The smallest absolute Gasteiger partial charge is 0.145 e. The van der Waals surface area contributed by atoms with Gasteiger partial charge >= 0.3 is 0 Å². The van der Waals surface area contributed by atoms with Gasteiger partial charge in [-0.25, -0.2) is 4.98 Å². The molecule has 0 aliphatic carbocycles. The zero-order chi connectivity index (χ0) is 26.5. The van der Waals surface area contributed by atoms with Crippen molar-refractivity contribution in [2.24, 2.45) is 0 Å². The Bertz CT molecular complexity index is 2120. The molecule has 0 saturated carbocycles. The Kier molecular flexibility index (Phi) is 5.14. The van der Waals surface area contributed by atoms with Crippen molar-refractivity contribution < 1.29 is 0 Å². The van der Waals surface area contributed by atoms with Gasteiger partial charge in [0, 0.05) is 33.4 Å². The number of hydrogen-bond donors (Lipinski definition) is 0. The predicted octanol–water partition coefficient (Wildman–Crippen LogP) is 9.93. The molecule has 0 aliphatic heterocycles. The number of para-hydroxylation sites is 3. The predicted molar refractivity (Wildman–Crippen MR) is 168 cm³/mol. The summed E-state index contributed by atoms with van der Waals surface area (Å²) >= 11 is 0. The summed E-state index contributed by atoms with van der Waals surface area (Å²) in [6.07, 6.45) is 2.01. The molecule has 2 heterocycles. The van der Waals surface area contributed by atoms with Gasteiger partial charge in [0.1, 0.15) is 5.65 Å². The maximum atomic E-state index is 4.91. The van der Waals surface area contributed by atoms with Gasteiger partial charge < -0.3 is 4.90 Å². The molecule has 0 aliphatic rings. The van der Waals surface area contributed by atoms with Gasteiger partial charge in [0.25, 0.3) is 0 Å². The van der Waals surface area contributed by atoms with Crippen LogP contribution >= 0.6 is 0 Å². The molecule has 3 nitrogen and oxygen atoms in total. The van der Waals surface area contributed by atoms with Crippen LogP contribution in [0.15, 0.2) is 152 Å². The molecule has 6 aromatic carbocycles. The summed E-state index contributed by atoms with van der Waals surface area (Å²) in [7, 11) is 0. The lowest BCUT2D eigenvalue weighted by Gasteiger charge is -2.25. The molecule has 0 fully saturated rings. The minimum atomic E-state index is 0.987. The maximum Gasteiger partial charge on any atom is 0.145 e. The van der Waals surface area contributed by atoms with E-state index in [1.807, 2.05) is 6.20 Å². The molecule has 0 amide bonds. The van der Waals surface area contributed by atoms with E-state index in [1.165, 1.54) is 32.4 Å². The van der Waals surface area contributed by atoms with Crippen LogP contribution in [0.25, 0.3) is 49.4 Å². The fourth-order valence-electron chi connectivity index (χ4n) is 5.93. The molecular formula is C37H25N3. The molecule has 8 rings (SSSR count). The molecule has 0 bridgehead atoms. The van der Waals surface area contributed by atoms with Crippen LogP contribution in [0.1, 0.15) is 0 Å². The molecule has 0 N–H and O–H groups in total. The van der Waals surface area contributed by atoms with Crippen molar-refractivity contribution in [3.05, 3.63) is 152 Å². The second-order valence-electron chi connectivity index (χ2n) is 10.1. The first-order valence-corrected chi connectivity index (χ1v) is 13.6. The molecule has 0 unspecified atom stereocenters. The number of pyridine rings is 1. The minimum Gasteiger partial charge on any atom is -0.310 e. The van der Waals surface area contributed by atoms with Crippen molar-refractivity contribution in [1.82, 2.24) is 9.38 Å². The Hall–Kier alpha value is -5.41. The highest BCUT2D eigenvalue weighted by atomic mass is 15.1. The average molecular weight is 512 g/mol. The normalized spacial score (nSPS) is 11.5. The Morgan fingerprint density at radius 3 is 1.82 bits per heavy atom. The lowest BCUT2D eigenvalue weighted by molar-refractivity contribution is 1.27. The Morgan fingerprint density at radius 1 is 0.475 bits per heavy atom. The maximum absolute atomic E-state index is 4.91. The number of imidazole rings is 1. The van der Waals surface area contributed by atoms with Crippen molar-refractivity contribution in [2.75, 3.05) is 4.90 Å². The SMILES string of the molecule is c1ccc(N(c2ccccc2)c2ccc3cc(-c4cnc5c6ccccc6c6ccccc6n45)ccc3c2)cc1. The second-order valence-corrected chi connectivity index (χ2v) is 10.1. The first-order valence-electron chi connectivity index (χ1n) is 13.6. The zero-order valence-corrected chi connectivity index (χ0v) is 21.8. The van der Waals surface area contributed by atoms with Crippen molar-refractivity contribution in [3.8, 4) is 11.3 Å². The topological polar surface area (TPSA) is 20.5 Å². The molecule has 40 heavy (non-hydrogen) atoms. The summed E-state index contributed by atoms with van der Waals surface area (Å²) < 4.78 is 2.31. The summed E-state index contributed by atoms with van der Waals surface area (Å²) in [5, 5.41) is 6.02. The molecular weight excluding hydrogens is 486 g/mol. The Morgan fingerprint density at radius 2 is 1.07 bits per heavy atom. The van der Waals surface area contributed by atoms with Crippen molar-refractivity contribution in [1.29, 1.82) is 0 Å². The van der Waals surface area contributed by atoms with Crippen molar-refractivity contribution >= 4 is 55.2 Å². The Balaban J connectivity index is 1.29. The summed E-state index contributed by atoms with van der Waals surface area (Å²) in [5.74, 6) is 0. The molecule has 0 atom stereocenters. The van der Waals surface area contributed by atoms with Crippen LogP contribution in [0.4, 0.5) is 17.1 Å². The van der Waals surface area contributed by atoms with Crippen LogP contribution in [-0.2, 0) is 0 Å². The monoisotopic (exact) mass is 511 g/mol. The molecule has 0 spiro atoms. The van der Waals surface area contributed by atoms with Crippen LogP contribution < -0.4 is 4.90 Å². The Labute approximate surface area is 232 Å². The van der Waals surface area contributed by atoms with E-state index in [4.69, 9.17) is 4.98 Å². The molecule has 2 aromatic heterocycles. The molecule has 8 aromatic rings. The number of rotatable bonds is 4. The van der Waals surface area contributed by atoms with Crippen LogP contribution in [0.2, 0.25) is 0 Å². The fourth-order valence-corrected chi connectivity index (χ4v) is 5.93. The fraction of sp³-hybridized carbons (Fsp3) is 0. The molecule has 188 valence electrons. The van der Waals surface area contributed by atoms with Gasteiger partial charge in [0.2, 0.25) is 0 Å². The van der Waals surface area contributed by atoms with Gasteiger partial charge in [0.15, 0.2) is 0 Å². The third kappa shape index (κ3) is 3.56. The number of nitrogens with zero attached hydrogens (tertiary/aromatic N) is 3. The van der Waals surface area contributed by atoms with Gasteiger partial charge in [-0.15, -0.1) is 0 Å². The minimum absolute atomic E-state index is 0.987. The number of hydrogen-bond acceptors (Lipinski definition) is 2. The van der Waals surface area contributed by atoms with E-state index in [2.05, 4.69) is 155 Å². The van der Waals surface area contributed by atoms with Gasteiger partial charge in [-0.2, -0.15) is 0 Å². The highest BCUT2D eigenvalue weighted by Crippen LogP contribution is 2.37. The third-order valence-electron chi connectivity index (χ3n) is 7.77. The van der Waals surface area contributed by atoms with E-state index in [0.29, 0.717) is 0 Å². The van der Waals surface area contributed by atoms with Crippen LogP contribution in [0, 0.1) is 0 Å². The second kappa shape index (κ2) is 9.11. The largest absolute Gasteiger partial charge is 0.310 e. The molecule has 3 heteroatoms. The zero-order valence-electron chi connectivity index (χ0n) is 21.8. The van der Waals surface area contributed by atoms with E-state index < -0.39 is 0 Å². The summed E-state index contributed by atoms with van der Waals surface area (Å²) in [4.78, 5) is 7.21. The average Bonchev–Trinajstić information content (AvgIpc) is 3.48. The first-order chi connectivity index (χ1) is 19.8. The molecule has 0 radical (unpaired) electrons. The number of aromatic nitrogens is 2. The van der Waals surface area contributed by atoms with Crippen molar-refractivity contribution in [3.63, 3.8) is 0 Å². The molecule has 0 saturated heterocycles. The summed E-state index contributed by atoms with van der Waals surface area (Å²) in [6, 6.07) is 51.6. The van der Waals surface area contributed by atoms with E-state index in [1.54, 1.807) is 0 Å². The van der Waals surface area contributed by atoms with Crippen LogP contribution in [-0.4, -0.2) is 9.38 Å². The van der Waals surface area contributed by atoms with Crippen LogP contribution in [0.3, 0.4) is 0 Å². The van der Waals surface area contributed by atoms with Crippen LogP contribution in [0.5, 0.6) is 0 Å². The number of anilines is 3. The third-order valence-corrected chi connectivity index (χ3v) is 7.77. The first kappa shape index (κ1) is 22.6. The lowest BCUT2D eigenvalue weighted by Crippen LogP contribution is -2.09. The highest BCUT2D eigenvalue weighted by Gasteiger charge is 2.15. The van der Waals surface area contributed by atoms with Gasteiger partial charge in [-0.1, -0.05) is 97.1 Å². The van der Waals surface area contributed by atoms with E-state index in [9.17, 15) is 0 Å². The van der Waals surface area contributed by atoms with Crippen molar-refractivity contribution in [2.45, 2.75) is 0 Å². The van der Waals surface area contributed by atoms with Gasteiger partial charge in [-0.05, 0) is 64.7 Å².